The van der Waals surface area contributed by atoms with Crippen LogP contribution in [0.25, 0.3) is 0 Å². The third-order valence-corrected chi connectivity index (χ3v) is 9.91. The average Bonchev–Trinajstić information content (AvgIpc) is 3.79. The zero-order chi connectivity index (χ0) is 33.0. The van der Waals surface area contributed by atoms with Crippen LogP contribution in [0.2, 0.25) is 0 Å². The second-order valence-corrected chi connectivity index (χ2v) is 17.4. The lowest BCUT2D eigenvalue weighted by Gasteiger charge is -2.19. The molecule has 3 saturated carbocycles. The molecule has 0 saturated heterocycles. The molecule has 0 aliphatic heterocycles. The zero-order valence-electron chi connectivity index (χ0n) is 31.6. The first-order valence-corrected chi connectivity index (χ1v) is 17.9. The predicted octanol–water partition coefficient (Wildman–Crippen LogP) is 14.2. The predicted molar refractivity (Wildman–Crippen MR) is 196 cm³/mol. The van der Waals surface area contributed by atoms with Crippen molar-refractivity contribution in [2.45, 2.75) is 166 Å². The molecule has 0 heterocycles. The van der Waals surface area contributed by atoms with Gasteiger partial charge in [0.05, 0.1) is 0 Å². The number of benzene rings is 2. The molecule has 0 N–H and O–H groups in total. The van der Waals surface area contributed by atoms with Crippen LogP contribution < -0.4 is 0 Å². The maximum absolute atomic E-state index is 2.40. The molecular formula is C43H74. The molecule has 0 heteroatoms. The first-order chi connectivity index (χ1) is 19.8. The fraction of sp³-hybridized carbons (Fsp3) is 0.721. The molecule has 3 aliphatic carbocycles. The Labute approximate surface area is 271 Å². The standard InChI is InChI=1S/C13H20.C9H12.C8H16.C7H14.C6H12/c1-10(2)11-6-8-12(9-7-11)13(3,4)5;1-8(2)9-6-4-3-5-7-9;1-7(2)6-8(3)4-5-8;1-6(2)7(3)4-5-7;1-5(2)6-3-4-6/h6-10H,1-5H3;3-8H,1-2H3;7H,4-6H2,1-3H3;6H,4-5H2,1-3H3;5-6H,3-4H2,1-2H3. The van der Waals surface area contributed by atoms with Gasteiger partial charge < -0.3 is 0 Å². The minimum atomic E-state index is 0.273. The Kier molecular flexibility index (Phi) is 16.3. The van der Waals surface area contributed by atoms with Crippen molar-refractivity contribution in [1.82, 2.24) is 0 Å². The SMILES string of the molecule is CC(C)C1(C)CC1.CC(C)C1CC1.CC(C)CC1(C)CC1.CC(C)c1ccc(C(C)(C)C)cc1.CC(C)c1ccccc1. The van der Waals surface area contributed by atoms with E-state index in [0.717, 1.165) is 34.5 Å². The van der Waals surface area contributed by atoms with Crippen molar-refractivity contribution in [3.63, 3.8) is 0 Å². The smallest absolute Gasteiger partial charge is 0.0132 e. The molecule has 0 spiro atoms. The van der Waals surface area contributed by atoms with E-state index in [9.17, 15) is 0 Å². The fourth-order valence-corrected chi connectivity index (χ4v) is 5.15. The van der Waals surface area contributed by atoms with E-state index in [-0.39, 0.29) is 5.41 Å². The van der Waals surface area contributed by atoms with Gasteiger partial charge in [-0.2, -0.15) is 0 Å². The average molecular weight is 591 g/mol. The highest BCUT2D eigenvalue weighted by molar-refractivity contribution is 5.28. The summed E-state index contributed by atoms with van der Waals surface area (Å²) in [5, 5.41) is 0. The van der Waals surface area contributed by atoms with Crippen molar-refractivity contribution in [3.05, 3.63) is 71.3 Å². The second-order valence-electron chi connectivity index (χ2n) is 17.4. The lowest BCUT2D eigenvalue weighted by molar-refractivity contribution is 0.397. The fourth-order valence-electron chi connectivity index (χ4n) is 5.15. The molecule has 3 aliphatic rings. The van der Waals surface area contributed by atoms with Gasteiger partial charge in [-0.15, -0.1) is 0 Å². The largest absolute Gasteiger partial charge is 0.0628 e. The van der Waals surface area contributed by atoms with E-state index in [1.165, 1.54) is 61.6 Å². The Morgan fingerprint density at radius 2 is 1.07 bits per heavy atom. The molecular weight excluding hydrogens is 516 g/mol. The van der Waals surface area contributed by atoms with Crippen LogP contribution in [0, 0.1) is 34.5 Å². The van der Waals surface area contributed by atoms with E-state index in [0.29, 0.717) is 11.8 Å². The van der Waals surface area contributed by atoms with Crippen LogP contribution in [0.4, 0.5) is 0 Å². The Morgan fingerprint density at radius 1 is 0.628 bits per heavy atom. The number of hydrogen-bond acceptors (Lipinski definition) is 0. The van der Waals surface area contributed by atoms with Crippen molar-refractivity contribution in [2.24, 2.45) is 34.5 Å². The van der Waals surface area contributed by atoms with Crippen LogP contribution in [0.5, 0.6) is 0 Å². The summed E-state index contributed by atoms with van der Waals surface area (Å²) in [5.41, 5.74) is 6.05. The van der Waals surface area contributed by atoms with Gasteiger partial charge in [-0.05, 0) is 113 Å². The second kappa shape index (κ2) is 17.8. The molecule has 0 atom stereocenters. The normalized spacial score (nSPS) is 17.6. The molecule has 0 unspecified atom stereocenters. The van der Waals surface area contributed by atoms with Gasteiger partial charge in [0.15, 0.2) is 0 Å². The summed E-state index contributed by atoms with van der Waals surface area (Å²) < 4.78 is 0. The lowest BCUT2D eigenvalue weighted by atomic mass is 9.86. The summed E-state index contributed by atoms with van der Waals surface area (Å²) in [6.45, 7) is 34.2. The van der Waals surface area contributed by atoms with Gasteiger partial charge in [0.1, 0.15) is 0 Å². The summed E-state index contributed by atoms with van der Waals surface area (Å²) in [4.78, 5) is 0. The van der Waals surface area contributed by atoms with E-state index in [2.05, 4.69) is 152 Å². The van der Waals surface area contributed by atoms with E-state index in [1.54, 1.807) is 0 Å². The van der Waals surface area contributed by atoms with Gasteiger partial charge >= 0.3 is 0 Å². The molecule has 0 bridgehead atoms. The molecule has 2 aromatic rings. The minimum Gasteiger partial charge on any atom is -0.0628 e. The van der Waals surface area contributed by atoms with Crippen LogP contribution in [0.3, 0.4) is 0 Å². The summed E-state index contributed by atoms with van der Waals surface area (Å²) in [6, 6.07) is 19.5. The minimum absolute atomic E-state index is 0.273. The Bertz CT molecular complexity index is 969. The van der Waals surface area contributed by atoms with Crippen LogP contribution in [0.15, 0.2) is 54.6 Å². The highest BCUT2D eigenvalue weighted by Crippen LogP contribution is 2.51. The van der Waals surface area contributed by atoms with E-state index < -0.39 is 0 Å². The number of rotatable bonds is 6. The molecule has 2 aromatic carbocycles. The number of hydrogen-bond donors (Lipinski definition) is 0. The molecule has 43 heavy (non-hydrogen) atoms. The van der Waals surface area contributed by atoms with Crippen LogP contribution >= 0.6 is 0 Å². The van der Waals surface area contributed by atoms with Gasteiger partial charge in [-0.25, -0.2) is 0 Å². The Hall–Kier alpha value is -1.56. The molecule has 0 amide bonds. The van der Waals surface area contributed by atoms with Crippen molar-refractivity contribution in [3.8, 4) is 0 Å². The van der Waals surface area contributed by atoms with Crippen LogP contribution in [0.1, 0.15) is 177 Å². The summed E-state index contributed by atoms with van der Waals surface area (Å²) in [6.07, 6.45) is 10.3. The van der Waals surface area contributed by atoms with Crippen molar-refractivity contribution >= 4 is 0 Å². The first kappa shape index (κ1) is 39.5. The molecule has 3 fully saturated rings. The highest BCUT2D eigenvalue weighted by Gasteiger charge is 2.39. The van der Waals surface area contributed by atoms with Gasteiger partial charge in [0.25, 0.3) is 0 Å². The topological polar surface area (TPSA) is 0 Å². The Balaban J connectivity index is 0.000000276. The van der Waals surface area contributed by atoms with Gasteiger partial charge in [0, 0.05) is 0 Å². The zero-order valence-corrected chi connectivity index (χ0v) is 31.6. The highest BCUT2D eigenvalue weighted by atomic mass is 14.4. The molecule has 246 valence electrons. The third kappa shape index (κ3) is 17.5. The van der Waals surface area contributed by atoms with Crippen molar-refractivity contribution < 1.29 is 0 Å². The maximum Gasteiger partial charge on any atom is -0.0132 e. The monoisotopic (exact) mass is 591 g/mol. The molecule has 0 radical (unpaired) electrons. The summed E-state index contributed by atoms with van der Waals surface area (Å²) in [5.74, 6) is 5.17. The van der Waals surface area contributed by atoms with Gasteiger partial charge in [-0.1, -0.05) is 158 Å². The molecule has 5 rings (SSSR count). The maximum atomic E-state index is 2.40. The third-order valence-electron chi connectivity index (χ3n) is 9.91. The van der Waals surface area contributed by atoms with E-state index >= 15 is 0 Å². The lowest BCUT2D eigenvalue weighted by Crippen LogP contribution is -2.10. The van der Waals surface area contributed by atoms with Crippen LogP contribution in [-0.4, -0.2) is 0 Å². The summed E-state index contributed by atoms with van der Waals surface area (Å²) in [7, 11) is 0. The molecule has 0 aromatic heterocycles. The van der Waals surface area contributed by atoms with Gasteiger partial charge in [-0.3, -0.25) is 0 Å². The van der Waals surface area contributed by atoms with Crippen molar-refractivity contribution in [1.29, 1.82) is 0 Å². The molecule has 0 nitrogen and oxygen atoms in total. The van der Waals surface area contributed by atoms with Gasteiger partial charge in [0.2, 0.25) is 0 Å². The van der Waals surface area contributed by atoms with Crippen LogP contribution in [-0.2, 0) is 5.41 Å². The van der Waals surface area contributed by atoms with E-state index in [1.807, 2.05) is 6.07 Å². The Morgan fingerprint density at radius 3 is 1.26 bits per heavy atom. The summed E-state index contributed by atoms with van der Waals surface area (Å²) >= 11 is 0. The quantitative estimate of drug-likeness (QED) is 0.314. The van der Waals surface area contributed by atoms with Crippen molar-refractivity contribution in [2.75, 3.05) is 0 Å². The first-order valence-electron chi connectivity index (χ1n) is 17.9. The van der Waals surface area contributed by atoms with E-state index in [4.69, 9.17) is 0 Å².